The van der Waals surface area contributed by atoms with Crippen LogP contribution in [0.15, 0.2) is 83.5 Å². The van der Waals surface area contributed by atoms with Crippen molar-refractivity contribution in [2.75, 3.05) is 5.32 Å². The van der Waals surface area contributed by atoms with Gasteiger partial charge in [0.05, 0.1) is 6.04 Å². The van der Waals surface area contributed by atoms with Gasteiger partial charge in [0.2, 0.25) is 0 Å². The zero-order valence-electron chi connectivity index (χ0n) is 11.4. The van der Waals surface area contributed by atoms with Crippen LogP contribution in [-0.4, -0.2) is 4.98 Å². The van der Waals surface area contributed by atoms with Crippen LogP contribution >= 0.6 is 15.9 Å². The van der Waals surface area contributed by atoms with Crippen molar-refractivity contribution in [1.29, 1.82) is 0 Å². The van der Waals surface area contributed by atoms with Crippen LogP contribution in [0.25, 0.3) is 0 Å². The molecule has 104 valence electrons. The maximum Gasteiger partial charge on any atom is 0.128 e. The van der Waals surface area contributed by atoms with Crippen LogP contribution in [0.5, 0.6) is 0 Å². The molecule has 0 unspecified atom stereocenters. The fourth-order valence-electron chi connectivity index (χ4n) is 2.29. The average Bonchev–Trinajstić information content (AvgIpc) is 2.54. The summed E-state index contributed by atoms with van der Waals surface area (Å²) in [5.41, 5.74) is 2.43. The Balaban J connectivity index is 1.97. The van der Waals surface area contributed by atoms with Gasteiger partial charge in [0.15, 0.2) is 0 Å². The normalized spacial score (nSPS) is 10.6. The van der Waals surface area contributed by atoms with Crippen LogP contribution in [-0.2, 0) is 0 Å². The van der Waals surface area contributed by atoms with Crippen molar-refractivity contribution in [3.63, 3.8) is 0 Å². The van der Waals surface area contributed by atoms with Crippen LogP contribution in [0.4, 0.5) is 5.82 Å². The fourth-order valence-corrected chi connectivity index (χ4v) is 2.63. The summed E-state index contributed by atoms with van der Waals surface area (Å²) in [7, 11) is 0. The van der Waals surface area contributed by atoms with Crippen molar-refractivity contribution in [3.05, 3.63) is 94.6 Å². The second-order valence-electron chi connectivity index (χ2n) is 4.74. The number of aromatic nitrogens is 1. The molecule has 0 aliphatic heterocycles. The molecular formula is C18H15BrN2. The van der Waals surface area contributed by atoms with E-state index < -0.39 is 0 Å². The van der Waals surface area contributed by atoms with Crippen molar-refractivity contribution >= 4 is 21.7 Å². The number of nitrogens with zero attached hydrogens (tertiary/aromatic N) is 1. The van der Waals surface area contributed by atoms with Crippen molar-refractivity contribution in [3.8, 4) is 0 Å². The van der Waals surface area contributed by atoms with Crippen LogP contribution in [0.3, 0.4) is 0 Å². The number of rotatable bonds is 4. The Hall–Kier alpha value is -2.13. The highest BCUT2D eigenvalue weighted by atomic mass is 79.9. The summed E-state index contributed by atoms with van der Waals surface area (Å²) in [4.78, 5) is 4.47. The summed E-state index contributed by atoms with van der Waals surface area (Å²) in [6, 6.07) is 26.8. The highest BCUT2D eigenvalue weighted by molar-refractivity contribution is 9.10. The molecule has 0 saturated carbocycles. The number of hydrogen-bond donors (Lipinski definition) is 1. The van der Waals surface area contributed by atoms with Gasteiger partial charge in [-0.1, -0.05) is 66.7 Å². The molecule has 3 aromatic rings. The quantitative estimate of drug-likeness (QED) is 0.673. The molecule has 0 atom stereocenters. The first-order chi connectivity index (χ1) is 10.3. The van der Waals surface area contributed by atoms with E-state index in [-0.39, 0.29) is 6.04 Å². The molecule has 0 amide bonds. The van der Waals surface area contributed by atoms with E-state index in [9.17, 15) is 0 Å². The number of nitrogens with one attached hydrogen (secondary N) is 1. The van der Waals surface area contributed by atoms with E-state index in [1.54, 1.807) is 0 Å². The molecule has 1 N–H and O–H groups in total. The Kier molecular flexibility index (Phi) is 4.31. The summed E-state index contributed by atoms with van der Waals surface area (Å²) in [5, 5.41) is 3.51. The number of anilines is 1. The van der Waals surface area contributed by atoms with Crippen molar-refractivity contribution in [2.24, 2.45) is 0 Å². The summed E-state index contributed by atoms with van der Waals surface area (Å²) >= 11 is 3.41. The predicted molar refractivity (Wildman–Crippen MR) is 90.3 cm³/mol. The van der Waals surface area contributed by atoms with Gasteiger partial charge in [0, 0.05) is 0 Å². The van der Waals surface area contributed by atoms with Gasteiger partial charge in [-0.15, -0.1) is 0 Å². The van der Waals surface area contributed by atoms with Gasteiger partial charge in [-0.2, -0.15) is 0 Å². The zero-order chi connectivity index (χ0) is 14.5. The van der Waals surface area contributed by atoms with Gasteiger partial charge in [0.1, 0.15) is 10.4 Å². The average molecular weight is 339 g/mol. The summed E-state index contributed by atoms with van der Waals surface area (Å²) < 4.78 is 0.826. The van der Waals surface area contributed by atoms with Gasteiger partial charge in [-0.25, -0.2) is 4.98 Å². The molecule has 2 nitrogen and oxygen atoms in total. The molecule has 0 aliphatic carbocycles. The molecule has 0 fully saturated rings. The smallest absolute Gasteiger partial charge is 0.128 e. The fraction of sp³-hybridized carbons (Fsp3) is 0.0556. The third kappa shape index (κ3) is 3.50. The second kappa shape index (κ2) is 6.55. The van der Waals surface area contributed by atoms with Crippen LogP contribution in [0.1, 0.15) is 17.2 Å². The summed E-state index contributed by atoms with van der Waals surface area (Å²) in [6.45, 7) is 0. The number of benzene rings is 2. The highest BCUT2D eigenvalue weighted by Crippen LogP contribution is 2.26. The van der Waals surface area contributed by atoms with E-state index in [0.717, 1.165) is 10.4 Å². The molecule has 1 heterocycles. The molecule has 0 saturated heterocycles. The lowest BCUT2D eigenvalue weighted by molar-refractivity contribution is 0.925. The molecule has 0 spiro atoms. The maximum atomic E-state index is 4.47. The zero-order valence-corrected chi connectivity index (χ0v) is 13.0. The van der Waals surface area contributed by atoms with Gasteiger partial charge in [-0.05, 0) is 39.2 Å². The third-order valence-electron chi connectivity index (χ3n) is 3.27. The minimum atomic E-state index is 0.0780. The standard InChI is InChI=1S/C18H15BrN2/c19-16-12-7-13-17(20-16)21-18(14-8-3-1-4-9-14)15-10-5-2-6-11-15/h1-13,18H,(H,20,21). The molecule has 0 radical (unpaired) electrons. The SMILES string of the molecule is Brc1cccc(NC(c2ccccc2)c2ccccc2)n1. The number of pyridine rings is 1. The second-order valence-corrected chi connectivity index (χ2v) is 5.56. The van der Waals surface area contributed by atoms with Gasteiger partial charge in [-0.3, -0.25) is 0 Å². The Bertz CT molecular complexity index is 659. The van der Waals surface area contributed by atoms with Crippen molar-refractivity contribution in [2.45, 2.75) is 6.04 Å². The molecule has 2 aromatic carbocycles. The lowest BCUT2D eigenvalue weighted by atomic mass is 9.99. The monoisotopic (exact) mass is 338 g/mol. The number of halogens is 1. The summed E-state index contributed by atoms with van der Waals surface area (Å²) in [5.74, 6) is 0.849. The van der Waals surface area contributed by atoms with Crippen LogP contribution in [0.2, 0.25) is 0 Å². The van der Waals surface area contributed by atoms with Gasteiger partial charge < -0.3 is 5.32 Å². The maximum absolute atomic E-state index is 4.47. The van der Waals surface area contributed by atoms with Crippen molar-refractivity contribution in [1.82, 2.24) is 4.98 Å². The van der Waals surface area contributed by atoms with E-state index in [4.69, 9.17) is 0 Å². The van der Waals surface area contributed by atoms with E-state index in [1.165, 1.54) is 11.1 Å². The highest BCUT2D eigenvalue weighted by Gasteiger charge is 2.13. The lowest BCUT2D eigenvalue weighted by Crippen LogP contribution is -2.13. The number of hydrogen-bond acceptors (Lipinski definition) is 2. The third-order valence-corrected chi connectivity index (χ3v) is 3.71. The van der Waals surface area contributed by atoms with Crippen LogP contribution < -0.4 is 5.32 Å². The minimum absolute atomic E-state index is 0.0780. The topological polar surface area (TPSA) is 24.9 Å². The largest absolute Gasteiger partial charge is 0.359 e. The molecule has 0 aliphatic rings. The van der Waals surface area contributed by atoms with E-state index in [1.807, 2.05) is 30.3 Å². The van der Waals surface area contributed by atoms with E-state index in [2.05, 4.69) is 74.8 Å². The Morgan fingerprint density at radius 3 is 1.81 bits per heavy atom. The van der Waals surface area contributed by atoms with Crippen LogP contribution in [0, 0.1) is 0 Å². The molecule has 3 heteroatoms. The predicted octanol–water partition coefficient (Wildman–Crippen LogP) is 5.05. The minimum Gasteiger partial charge on any atom is -0.359 e. The Morgan fingerprint density at radius 1 is 0.714 bits per heavy atom. The molecule has 21 heavy (non-hydrogen) atoms. The Morgan fingerprint density at radius 2 is 1.29 bits per heavy atom. The molecule has 1 aromatic heterocycles. The molecule has 3 rings (SSSR count). The van der Waals surface area contributed by atoms with Crippen molar-refractivity contribution < 1.29 is 0 Å². The first-order valence-electron chi connectivity index (χ1n) is 6.82. The van der Waals surface area contributed by atoms with E-state index >= 15 is 0 Å². The lowest BCUT2D eigenvalue weighted by Gasteiger charge is -2.20. The molecular weight excluding hydrogens is 324 g/mol. The van der Waals surface area contributed by atoms with E-state index in [0.29, 0.717) is 0 Å². The molecule has 0 bridgehead atoms. The van der Waals surface area contributed by atoms with Gasteiger partial charge >= 0.3 is 0 Å². The van der Waals surface area contributed by atoms with Gasteiger partial charge in [0.25, 0.3) is 0 Å². The summed E-state index contributed by atoms with van der Waals surface area (Å²) in [6.07, 6.45) is 0. The first kappa shape index (κ1) is 13.8. The first-order valence-corrected chi connectivity index (χ1v) is 7.61. The Labute approximate surface area is 133 Å².